The number of fused-ring (bicyclic) bond motifs is 5. The van der Waals surface area contributed by atoms with Crippen LogP contribution in [0, 0.1) is 46.3 Å². The fourth-order valence-corrected chi connectivity index (χ4v) is 10.2. The molecule has 0 aromatic carbocycles. The van der Waals surface area contributed by atoms with E-state index in [0.717, 1.165) is 38.5 Å². The minimum atomic E-state index is -0.760. The number of aliphatic hydroxyl groups is 2. The monoisotopic (exact) mass is 490 g/mol. The van der Waals surface area contributed by atoms with Gasteiger partial charge in [0.1, 0.15) is 5.78 Å². The van der Waals surface area contributed by atoms with E-state index in [9.17, 15) is 15.0 Å². The van der Waals surface area contributed by atoms with Crippen molar-refractivity contribution in [1.82, 2.24) is 0 Å². The molecule has 1 heterocycles. The molecule has 0 bridgehead atoms. The maximum absolute atomic E-state index is 13.5. The van der Waals surface area contributed by atoms with Crippen LogP contribution in [0.5, 0.6) is 0 Å². The first kappa shape index (κ1) is 26.1. The quantitative estimate of drug-likeness (QED) is 0.544. The standard InChI is InChI=1S/C30H50O5/c1-17(2)8-11-26-30(7,35-27(3,4)34-26)25-10-9-19-18-14-22(31)21-15-23(32)24(33)16-29(21,6)20(18)12-13-28(19,25)5/h17-21,23-26,32-33H,8-16H2,1-7H3/t18-,19+,20+,21+,23-,24+,25+,26-,28+,29-,30-/m1/s1. The van der Waals surface area contributed by atoms with E-state index in [1.807, 2.05) is 0 Å². The van der Waals surface area contributed by atoms with Crippen molar-refractivity contribution in [2.75, 3.05) is 0 Å². The van der Waals surface area contributed by atoms with Crippen LogP contribution in [0.3, 0.4) is 0 Å². The minimum Gasteiger partial charge on any atom is -0.390 e. The van der Waals surface area contributed by atoms with E-state index >= 15 is 0 Å². The summed E-state index contributed by atoms with van der Waals surface area (Å²) in [7, 11) is 0. The predicted octanol–water partition coefficient (Wildman–Crippen LogP) is 5.50. The molecule has 1 aliphatic heterocycles. The second-order valence-corrected chi connectivity index (χ2v) is 14.6. The van der Waals surface area contributed by atoms with Gasteiger partial charge in [0.15, 0.2) is 5.79 Å². The van der Waals surface area contributed by atoms with Crippen molar-refractivity contribution in [1.29, 1.82) is 0 Å². The third-order valence-corrected chi connectivity index (χ3v) is 11.7. The first-order valence-electron chi connectivity index (χ1n) is 14.5. The van der Waals surface area contributed by atoms with Crippen LogP contribution in [0.15, 0.2) is 0 Å². The smallest absolute Gasteiger partial charge is 0.164 e. The summed E-state index contributed by atoms with van der Waals surface area (Å²) in [5.41, 5.74) is -0.381. The fourth-order valence-electron chi connectivity index (χ4n) is 10.2. The average Bonchev–Trinajstić information content (AvgIpc) is 3.22. The van der Waals surface area contributed by atoms with Crippen molar-refractivity contribution in [2.45, 2.75) is 136 Å². The molecule has 0 unspecified atom stereocenters. The highest BCUT2D eigenvalue weighted by atomic mass is 16.8. The number of hydrogen-bond acceptors (Lipinski definition) is 5. The molecule has 0 spiro atoms. The number of rotatable bonds is 4. The van der Waals surface area contributed by atoms with E-state index in [1.54, 1.807) is 0 Å². The van der Waals surface area contributed by atoms with Crippen LogP contribution in [-0.2, 0) is 14.3 Å². The lowest BCUT2D eigenvalue weighted by molar-refractivity contribution is -0.191. The van der Waals surface area contributed by atoms with Gasteiger partial charge in [-0.1, -0.05) is 27.7 Å². The minimum absolute atomic E-state index is 0.100. The number of carbonyl (C=O) groups excluding carboxylic acids is 1. The molecule has 0 aromatic heterocycles. The van der Waals surface area contributed by atoms with Gasteiger partial charge in [-0.05, 0) is 113 Å². The molecule has 5 rings (SSSR count). The molecule has 5 nitrogen and oxygen atoms in total. The zero-order valence-corrected chi connectivity index (χ0v) is 23.2. The summed E-state index contributed by atoms with van der Waals surface area (Å²) in [5, 5.41) is 20.9. The SMILES string of the molecule is CC(C)CC[C@H]1OC(C)(C)O[C@]1(C)[C@H]1CC[C@H]2[C@H]3CC(=O)[C@@H]4C[C@@H](O)[C@@H](O)C[C@]4(C)[C@H]3CC[C@@]21C. The molecule has 4 saturated carbocycles. The molecule has 0 radical (unpaired) electrons. The van der Waals surface area contributed by atoms with Gasteiger partial charge in [-0.2, -0.15) is 0 Å². The molecule has 2 N–H and O–H groups in total. The molecular formula is C30H50O5. The summed E-state index contributed by atoms with van der Waals surface area (Å²) in [5.74, 6) is 2.05. The number of ether oxygens (including phenoxy) is 2. The van der Waals surface area contributed by atoms with E-state index in [-0.39, 0.29) is 28.5 Å². The van der Waals surface area contributed by atoms with Crippen molar-refractivity contribution >= 4 is 5.78 Å². The van der Waals surface area contributed by atoms with Gasteiger partial charge in [0.2, 0.25) is 0 Å². The van der Waals surface area contributed by atoms with Gasteiger partial charge >= 0.3 is 0 Å². The Morgan fingerprint density at radius 1 is 0.971 bits per heavy atom. The number of aliphatic hydroxyl groups excluding tert-OH is 2. The van der Waals surface area contributed by atoms with E-state index < -0.39 is 18.0 Å². The van der Waals surface area contributed by atoms with E-state index in [2.05, 4.69) is 48.5 Å². The molecule has 11 atom stereocenters. The summed E-state index contributed by atoms with van der Waals surface area (Å²) in [6, 6.07) is 0. The van der Waals surface area contributed by atoms with Gasteiger partial charge in [-0.3, -0.25) is 4.79 Å². The second-order valence-electron chi connectivity index (χ2n) is 14.6. The molecule has 200 valence electrons. The Kier molecular flexibility index (Phi) is 6.35. The molecule has 0 aromatic rings. The maximum Gasteiger partial charge on any atom is 0.164 e. The third-order valence-electron chi connectivity index (χ3n) is 11.7. The predicted molar refractivity (Wildman–Crippen MR) is 136 cm³/mol. The Balaban J connectivity index is 1.43. The molecular weight excluding hydrogens is 440 g/mol. The van der Waals surface area contributed by atoms with Crippen LogP contribution in [0.1, 0.15) is 106 Å². The Labute approximate surface area is 212 Å². The van der Waals surface area contributed by atoms with Crippen LogP contribution < -0.4 is 0 Å². The zero-order chi connectivity index (χ0) is 25.6. The zero-order valence-electron chi connectivity index (χ0n) is 23.2. The maximum atomic E-state index is 13.5. The largest absolute Gasteiger partial charge is 0.390 e. The summed E-state index contributed by atoms with van der Waals surface area (Å²) in [6.07, 6.45) is 6.97. The highest BCUT2D eigenvalue weighted by Crippen LogP contribution is 2.69. The summed E-state index contributed by atoms with van der Waals surface area (Å²) >= 11 is 0. The Bertz CT molecular complexity index is 839. The van der Waals surface area contributed by atoms with Gasteiger partial charge in [0.05, 0.1) is 23.9 Å². The number of hydrogen-bond donors (Lipinski definition) is 2. The highest BCUT2D eigenvalue weighted by molar-refractivity contribution is 5.83. The first-order chi connectivity index (χ1) is 16.2. The van der Waals surface area contributed by atoms with Crippen molar-refractivity contribution in [2.24, 2.45) is 46.3 Å². The Hall–Kier alpha value is -0.490. The van der Waals surface area contributed by atoms with E-state index in [1.165, 1.54) is 0 Å². The lowest BCUT2D eigenvalue weighted by atomic mass is 9.43. The summed E-state index contributed by atoms with van der Waals surface area (Å²) < 4.78 is 13.4. The lowest BCUT2D eigenvalue weighted by Crippen LogP contribution is -2.60. The summed E-state index contributed by atoms with van der Waals surface area (Å²) in [4.78, 5) is 13.5. The normalized spacial score (nSPS) is 53.4. The summed E-state index contributed by atoms with van der Waals surface area (Å²) in [6.45, 7) is 15.7. The van der Waals surface area contributed by atoms with Gasteiger partial charge < -0.3 is 19.7 Å². The molecule has 0 amide bonds. The van der Waals surface area contributed by atoms with Crippen molar-refractivity contribution in [3.8, 4) is 0 Å². The van der Waals surface area contributed by atoms with Crippen LogP contribution in [0.2, 0.25) is 0 Å². The van der Waals surface area contributed by atoms with Gasteiger partial charge in [0, 0.05) is 12.3 Å². The second kappa shape index (κ2) is 8.51. The van der Waals surface area contributed by atoms with Gasteiger partial charge in [-0.15, -0.1) is 0 Å². The fraction of sp³-hybridized carbons (Fsp3) is 0.967. The van der Waals surface area contributed by atoms with Crippen molar-refractivity contribution in [3.05, 3.63) is 0 Å². The lowest BCUT2D eigenvalue weighted by Gasteiger charge is -2.61. The van der Waals surface area contributed by atoms with Crippen molar-refractivity contribution < 1.29 is 24.5 Å². The van der Waals surface area contributed by atoms with Gasteiger partial charge in [0.25, 0.3) is 0 Å². The molecule has 4 aliphatic carbocycles. The highest BCUT2D eigenvalue weighted by Gasteiger charge is 2.67. The van der Waals surface area contributed by atoms with E-state index in [4.69, 9.17) is 9.47 Å². The number of ketones is 1. The Morgan fingerprint density at radius 2 is 1.66 bits per heavy atom. The number of Topliss-reactive ketones (excluding diaryl/α,β-unsaturated/α-hetero) is 1. The number of carbonyl (C=O) groups is 1. The van der Waals surface area contributed by atoms with Crippen molar-refractivity contribution in [3.63, 3.8) is 0 Å². The molecule has 35 heavy (non-hydrogen) atoms. The first-order valence-corrected chi connectivity index (χ1v) is 14.5. The topological polar surface area (TPSA) is 76.0 Å². The van der Waals surface area contributed by atoms with Gasteiger partial charge in [-0.25, -0.2) is 0 Å². The van der Waals surface area contributed by atoms with E-state index in [0.29, 0.717) is 54.6 Å². The molecule has 5 heteroatoms. The van der Waals surface area contributed by atoms with Crippen LogP contribution >= 0.6 is 0 Å². The molecule has 1 saturated heterocycles. The van der Waals surface area contributed by atoms with Crippen LogP contribution in [0.25, 0.3) is 0 Å². The third kappa shape index (κ3) is 3.97. The molecule has 5 fully saturated rings. The molecule has 5 aliphatic rings. The Morgan fingerprint density at radius 3 is 2.34 bits per heavy atom. The van der Waals surface area contributed by atoms with Crippen LogP contribution in [0.4, 0.5) is 0 Å². The average molecular weight is 491 g/mol. The van der Waals surface area contributed by atoms with Crippen LogP contribution in [-0.4, -0.2) is 45.7 Å².